The lowest BCUT2D eigenvalue weighted by Gasteiger charge is -2.18. The summed E-state index contributed by atoms with van der Waals surface area (Å²) in [6.45, 7) is 0. The predicted molar refractivity (Wildman–Crippen MR) is 399 cm³/mol. The van der Waals surface area contributed by atoms with E-state index in [0.717, 1.165) is 0 Å². The molecule has 12 bridgehead atoms. The second-order valence-electron chi connectivity index (χ2n) is 23.6. The van der Waals surface area contributed by atoms with Crippen molar-refractivity contribution in [3.8, 4) is 34.5 Å². The number of rotatable bonds is 12. The molecule has 13 rings (SSSR count). The summed E-state index contributed by atoms with van der Waals surface area (Å²) < 4.78 is 0. The van der Waals surface area contributed by atoms with Crippen LogP contribution in [0.15, 0.2) is 280 Å². The molecule has 1 aliphatic carbocycles. The van der Waals surface area contributed by atoms with Crippen LogP contribution in [0.1, 0.15) is 66.8 Å². The van der Waals surface area contributed by atoms with Gasteiger partial charge in [0, 0.05) is 105 Å². The first-order valence-corrected chi connectivity index (χ1v) is 33.8. The van der Waals surface area contributed by atoms with Crippen molar-refractivity contribution in [2.24, 2.45) is 61.4 Å². The summed E-state index contributed by atoms with van der Waals surface area (Å²) in [7, 11) is 0. The van der Waals surface area contributed by atoms with Gasteiger partial charge in [0.05, 0.1) is 64.3 Å². The van der Waals surface area contributed by atoms with Crippen LogP contribution in [-0.4, -0.2) is 30.6 Å². The van der Waals surface area contributed by atoms with E-state index in [2.05, 4.69) is 61.4 Å². The summed E-state index contributed by atoms with van der Waals surface area (Å²) in [6.07, 6.45) is -1.13. The molecule has 0 aliphatic heterocycles. The van der Waals surface area contributed by atoms with Gasteiger partial charge in [0.1, 0.15) is 68.6 Å². The van der Waals surface area contributed by atoms with Crippen LogP contribution < -0.4 is 0 Å². The molecule has 0 saturated carbocycles. The molecule has 1 aliphatic rings. The second kappa shape index (κ2) is 31.1. The molecule has 0 saturated heterocycles. The van der Waals surface area contributed by atoms with E-state index >= 15 is 0 Å². The van der Waals surface area contributed by atoms with Crippen molar-refractivity contribution in [1.82, 2.24) is 0 Å². The number of hydrogen-bond donors (Lipinski definition) is 6. The summed E-state index contributed by atoms with van der Waals surface area (Å²) in [4.78, 5) is 0. The molecule has 0 fully saturated rings. The van der Waals surface area contributed by atoms with Crippen LogP contribution in [0.2, 0.25) is 30.1 Å². The van der Waals surface area contributed by atoms with Gasteiger partial charge in [-0.3, -0.25) is 0 Å². The van der Waals surface area contributed by atoms with Gasteiger partial charge in [0.2, 0.25) is 0 Å². The lowest BCUT2D eigenvalue weighted by atomic mass is 9.90. The average molecular weight is 1470 g/mol. The number of halogens is 6. The van der Waals surface area contributed by atoms with E-state index < -0.39 is 0 Å². The maximum absolute atomic E-state index is 12.8. The molecule has 18 nitrogen and oxygen atoms in total. The van der Waals surface area contributed by atoms with E-state index in [0.29, 0.717) is 64.3 Å². The van der Waals surface area contributed by atoms with Gasteiger partial charge in [-0.25, -0.2) is 0 Å². The highest BCUT2D eigenvalue weighted by molar-refractivity contribution is 6.34. The molecule has 0 spiro atoms. The fourth-order valence-corrected chi connectivity index (χ4v) is 12.6. The summed E-state index contributed by atoms with van der Waals surface area (Å²) in [6, 6.07) is 60.6. The first-order chi connectivity index (χ1) is 49.4. The highest BCUT2D eigenvalue weighted by Crippen LogP contribution is 2.46. The molecule has 0 aromatic heterocycles. The SMILES string of the molecule is Oc1c2cc(N=Nc3ccccc3Cl)cc1Cc1cc(N=Nc3ccccc3Cl)cc(c1O)Cc1cc(N=Nc3ccccc3Cl)cc(c1O)Cc1cc(N=Nc3ccccc3Cl)cc(c1O)Cc1cc(N=Nc3ccccc3Cl)cc(c1O)Cc1cc(N=Nc3ccccc3Cl)cc(c1O)C2. The minimum atomic E-state index is -0.244. The van der Waals surface area contributed by atoms with Crippen LogP contribution in [0.3, 0.4) is 0 Å². The van der Waals surface area contributed by atoms with E-state index in [1.54, 1.807) is 218 Å². The quantitative estimate of drug-likeness (QED) is 0.0647. The van der Waals surface area contributed by atoms with Gasteiger partial charge in [-0.05, 0) is 146 Å². The highest BCUT2D eigenvalue weighted by atomic mass is 35.5. The van der Waals surface area contributed by atoms with Crippen LogP contribution in [0.25, 0.3) is 0 Å². The van der Waals surface area contributed by atoms with Gasteiger partial charge in [-0.2, -0.15) is 30.7 Å². The standard InChI is InChI=1S/C78H54Cl6N12O6/c79-61-13-1-7-19-67(61)91-85-55-31-43-25-45-33-56(86-92-68-20-8-2-14-62(68)80)35-47(74(45)98)27-49-37-58(88-94-70-22-10-4-16-64(70)82)39-51(76(49)100)29-53-41-60(90-96-72-24-12-6-18-66(72)84)42-54(78(53)102)30-52-40-59(89-95-71-23-11-5-17-65(71)83)38-50(77(52)101)28-48-36-57(87-93-69-21-9-3-15-63(69)81)34-46(75(48)99)26-44(32-55)73(43)97/h1-24,31-42,97-102H,25-30H2. The maximum Gasteiger partial charge on any atom is 0.122 e. The molecule has 102 heavy (non-hydrogen) atoms. The maximum atomic E-state index is 12.8. The Morgan fingerprint density at radius 3 is 0.412 bits per heavy atom. The van der Waals surface area contributed by atoms with Gasteiger partial charge in [-0.15, -0.1) is 30.7 Å². The van der Waals surface area contributed by atoms with Gasteiger partial charge in [0.15, 0.2) is 0 Å². The number of azo groups is 6. The molecule has 0 radical (unpaired) electrons. The van der Waals surface area contributed by atoms with E-state index in [-0.39, 0.29) is 174 Å². The molecule has 6 N–H and O–H groups in total. The van der Waals surface area contributed by atoms with Crippen LogP contribution in [0, 0.1) is 0 Å². The highest BCUT2D eigenvalue weighted by Gasteiger charge is 2.25. The van der Waals surface area contributed by atoms with Crippen molar-refractivity contribution in [2.45, 2.75) is 38.5 Å². The minimum absolute atomic E-state index is 0.188. The van der Waals surface area contributed by atoms with Gasteiger partial charge < -0.3 is 30.6 Å². The fourth-order valence-electron chi connectivity index (χ4n) is 11.5. The number of phenolic OH excluding ortho intramolecular Hbond substituents is 6. The van der Waals surface area contributed by atoms with Crippen molar-refractivity contribution in [3.63, 3.8) is 0 Å². The Balaban J connectivity index is 1.06. The fraction of sp³-hybridized carbons (Fsp3) is 0.0769. The van der Waals surface area contributed by atoms with E-state index in [4.69, 9.17) is 69.6 Å². The van der Waals surface area contributed by atoms with Crippen molar-refractivity contribution in [1.29, 1.82) is 0 Å². The normalized spacial score (nSPS) is 12.8. The largest absolute Gasteiger partial charge is 0.507 e. The number of aromatic hydroxyl groups is 6. The molecule has 0 heterocycles. The zero-order chi connectivity index (χ0) is 71.0. The van der Waals surface area contributed by atoms with Crippen molar-refractivity contribution in [3.05, 3.63) is 315 Å². The predicted octanol–water partition coefficient (Wildman–Crippen LogP) is 26.2. The third kappa shape index (κ3) is 16.3. The van der Waals surface area contributed by atoms with E-state index in [1.807, 2.05) is 0 Å². The number of fused-ring (bicyclic) bond motifs is 12. The third-order valence-electron chi connectivity index (χ3n) is 16.6. The number of benzene rings is 12. The lowest BCUT2D eigenvalue weighted by molar-refractivity contribution is 0.451. The number of nitrogens with zero attached hydrogens (tertiary/aromatic N) is 12. The first kappa shape index (κ1) is 69.3. The van der Waals surface area contributed by atoms with Gasteiger partial charge in [0.25, 0.3) is 0 Å². The molecule has 24 heteroatoms. The lowest BCUT2D eigenvalue weighted by Crippen LogP contribution is -2.01. The van der Waals surface area contributed by atoms with Crippen molar-refractivity contribution < 1.29 is 30.6 Å². The summed E-state index contributed by atoms with van der Waals surface area (Å²) >= 11 is 39.6. The molecule has 12 aromatic carbocycles. The molecule has 0 atom stereocenters. The van der Waals surface area contributed by atoms with Crippen LogP contribution in [0.5, 0.6) is 34.5 Å². The van der Waals surface area contributed by atoms with E-state index in [9.17, 15) is 30.6 Å². The van der Waals surface area contributed by atoms with Gasteiger partial charge in [-0.1, -0.05) is 142 Å². The van der Waals surface area contributed by atoms with Crippen molar-refractivity contribution >= 4 is 138 Å². The Hall–Kier alpha value is -11.2. The zero-order valence-corrected chi connectivity index (χ0v) is 57.9. The smallest absolute Gasteiger partial charge is 0.122 e. The Morgan fingerprint density at radius 1 is 0.176 bits per heavy atom. The Morgan fingerprint density at radius 2 is 0.294 bits per heavy atom. The number of hydrogen-bond acceptors (Lipinski definition) is 18. The average Bonchev–Trinajstić information content (AvgIpc) is 0.789. The molecule has 12 aromatic rings. The summed E-state index contributed by atoms with van der Waals surface area (Å²) in [5, 5.41) is 134. The number of phenols is 6. The van der Waals surface area contributed by atoms with Gasteiger partial charge >= 0.3 is 0 Å². The summed E-state index contributed by atoms with van der Waals surface area (Å²) in [5.41, 5.74) is 6.49. The van der Waals surface area contributed by atoms with Crippen LogP contribution >= 0.6 is 69.6 Å². The molecular weight excluding hydrogens is 1410 g/mol. The Bertz CT molecular complexity index is 4460. The Labute approximate surface area is 614 Å². The zero-order valence-electron chi connectivity index (χ0n) is 53.3. The first-order valence-electron chi connectivity index (χ1n) is 31.5. The van der Waals surface area contributed by atoms with Crippen LogP contribution in [-0.2, 0) is 38.5 Å². The minimum Gasteiger partial charge on any atom is -0.507 e. The molecule has 504 valence electrons. The Kier molecular flexibility index (Phi) is 21.1. The van der Waals surface area contributed by atoms with E-state index in [1.165, 1.54) is 0 Å². The molecule has 0 unspecified atom stereocenters. The third-order valence-corrected chi connectivity index (χ3v) is 18.5. The molecular formula is C78H54Cl6N12O6. The summed E-state index contributed by atoms with van der Waals surface area (Å²) in [5.74, 6) is -1.46. The molecule has 0 amide bonds. The monoisotopic (exact) mass is 1460 g/mol. The topological polar surface area (TPSA) is 270 Å². The van der Waals surface area contributed by atoms with Crippen LogP contribution in [0.4, 0.5) is 68.2 Å². The van der Waals surface area contributed by atoms with Crippen molar-refractivity contribution in [2.75, 3.05) is 0 Å². The second-order valence-corrected chi connectivity index (χ2v) is 26.1.